The van der Waals surface area contributed by atoms with Crippen LogP contribution in [0.4, 0.5) is 10.5 Å². The molecule has 3 aliphatic rings. The van der Waals surface area contributed by atoms with Crippen LogP contribution in [0.2, 0.25) is 0 Å². The van der Waals surface area contributed by atoms with E-state index in [0.717, 1.165) is 41.7 Å². The van der Waals surface area contributed by atoms with E-state index in [4.69, 9.17) is 40.5 Å². The van der Waals surface area contributed by atoms with Gasteiger partial charge in [0.1, 0.15) is 36.5 Å². The van der Waals surface area contributed by atoms with Gasteiger partial charge in [0.15, 0.2) is 0 Å². The van der Waals surface area contributed by atoms with Crippen LogP contribution in [0.15, 0.2) is 101 Å². The highest BCUT2D eigenvalue weighted by atomic mass is 35.5. The zero-order valence-electron chi connectivity index (χ0n) is 34.1. The van der Waals surface area contributed by atoms with E-state index in [0.29, 0.717) is 41.4 Å². The van der Waals surface area contributed by atoms with Crippen molar-refractivity contribution in [1.82, 2.24) is 4.90 Å². The molecule has 13 nitrogen and oxygen atoms in total. The number of likely N-dealkylation sites (N-methyl/N-ethyl adjacent to an activating group) is 1. The molecule has 6 rings (SSSR count). The largest absolute Gasteiger partial charge is 0.459 e. The predicted octanol–water partition coefficient (Wildman–Crippen LogP) is 9.25. The Morgan fingerprint density at radius 2 is 1.78 bits per heavy atom. The molecule has 60 heavy (non-hydrogen) atoms. The van der Waals surface area contributed by atoms with E-state index < -0.39 is 28.8 Å². The summed E-state index contributed by atoms with van der Waals surface area (Å²) in [6.07, 6.45) is 9.89. The average Bonchev–Trinajstić information content (AvgIpc) is 3.26. The van der Waals surface area contributed by atoms with E-state index in [-0.39, 0.29) is 68.8 Å². The van der Waals surface area contributed by atoms with Crippen LogP contribution in [0.5, 0.6) is 17.2 Å². The minimum absolute atomic E-state index is 0.00337. The predicted molar refractivity (Wildman–Crippen MR) is 231 cm³/mol. The second kappa shape index (κ2) is 21.3. The van der Waals surface area contributed by atoms with Gasteiger partial charge in [-0.3, -0.25) is 10.1 Å². The number of halogens is 1. The van der Waals surface area contributed by atoms with Crippen LogP contribution in [0.1, 0.15) is 62.0 Å². The summed E-state index contributed by atoms with van der Waals surface area (Å²) in [4.78, 5) is 33.3. The van der Waals surface area contributed by atoms with Crippen LogP contribution in [0, 0.1) is 27.9 Å². The number of aliphatic hydroxyl groups is 2. The van der Waals surface area contributed by atoms with Gasteiger partial charge in [-0.1, -0.05) is 30.1 Å². The van der Waals surface area contributed by atoms with Gasteiger partial charge in [0.05, 0.1) is 29.0 Å². The molecular weight excluding hydrogens is 810 g/mol. The first-order valence-electron chi connectivity index (χ1n) is 20.4. The number of nitro benzene ring substituents is 1. The Balaban J connectivity index is 1.52. The van der Waals surface area contributed by atoms with Gasteiger partial charge in [0, 0.05) is 55.2 Å². The summed E-state index contributed by atoms with van der Waals surface area (Å²) in [5, 5.41) is 35.8. The number of amides is 1. The Hall–Kier alpha value is -4.60. The van der Waals surface area contributed by atoms with Crippen LogP contribution in [-0.2, 0) is 20.9 Å². The molecule has 1 aliphatic heterocycles. The van der Waals surface area contributed by atoms with Gasteiger partial charge in [-0.2, -0.15) is 0 Å². The SMILES string of the molecule is C=CCO[C@@]12Oc3ccc(Oc4ccc(SC)cc4)cc3[C@H]3[C@H](CCCCO)[C@@H](CCCCO)C=C(C(=NOCc4ccc([N+](=O)[O-])cc4)C[C@@H]1N(C)C(=O)OCCCl)[C@H]32. The molecule has 0 unspecified atom stereocenters. The lowest BCUT2D eigenvalue weighted by Gasteiger charge is -2.59. The van der Waals surface area contributed by atoms with Crippen molar-refractivity contribution >= 4 is 40.9 Å². The fraction of sp³-hybridized carbons (Fsp3) is 0.467. The lowest BCUT2D eigenvalue weighted by molar-refractivity contribution is -0.384. The maximum absolute atomic E-state index is 13.8. The minimum Gasteiger partial charge on any atom is -0.459 e. The number of aliphatic hydroxyl groups excluding tert-OH is 2. The third kappa shape index (κ3) is 10.1. The molecule has 0 spiro atoms. The van der Waals surface area contributed by atoms with Gasteiger partial charge in [0.25, 0.3) is 5.69 Å². The number of nitrogens with zero attached hydrogens (tertiary/aromatic N) is 3. The summed E-state index contributed by atoms with van der Waals surface area (Å²) in [6, 6.07) is 19.0. The van der Waals surface area contributed by atoms with Crippen LogP contribution < -0.4 is 9.47 Å². The van der Waals surface area contributed by atoms with Gasteiger partial charge in [0.2, 0.25) is 5.79 Å². The summed E-state index contributed by atoms with van der Waals surface area (Å²) in [6.45, 7) is 4.26. The molecule has 0 saturated heterocycles. The fourth-order valence-electron chi connectivity index (χ4n) is 8.82. The second-order valence-electron chi connectivity index (χ2n) is 15.2. The average molecular weight is 864 g/mol. The van der Waals surface area contributed by atoms with Crippen LogP contribution in [0.25, 0.3) is 0 Å². The summed E-state index contributed by atoms with van der Waals surface area (Å²) in [7, 11) is 1.65. The number of unbranched alkanes of at least 4 members (excludes halogenated alkanes) is 2. The molecule has 15 heteroatoms. The molecule has 1 heterocycles. The standard InChI is InChI=1S/C45H54ClN3O10S/c1-4-24-56-45-41(48(2)44(52)55-25-21-46)28-39(47-57-29-30-11-13-32(14-12-30)49(53)54)37-26-31(9-5-7-22-50)36(10-6-8-23-51)42(43(37)45)38-27-34(17-20-40(38)59-45)58-33-15-18-35(60-3)19-16-33/h4,11-20,26-27,31,36,41-43,50-51H,1,5-10,21-25,28-29H2,2-3H3/t31-,36+,41-,42+,43+,45+/m0/s1. The zero-order chi connectivity index (χ0) is 42.6. The normalized spacial score (nSPS) is 23.4. The Morgan fingerprint density at radius 1 is 1.07 bits per heavy atom. The second-order valence-corrected chi connectivity index (χ2v) is 16.4. The molecule has 1 fully saturated rings. The van der Waals surface area contributed by atoms with E-state index in [1.807, 2.05) is 48.7 Å². The number of thioether (sulfide) groups is 1. The molecule has 0 radical (unpaired) electrons. The number of benzene rings is 3. The van der Waals surface area contributed by atoms with E-state index in [1.165, 1.54) is 17.0 Å². The number of carbonyl (C=O) groups is 1. The van der Waals surface area contributed by atoms with E-state index in [1.54, 1.807) is 37.0 Å². The minimum atomic E-state index is -1.45. The summed E-state index contributed by atoms with van der Waals surface area (Å²) in [5.41, 5.74) is 3.04. The maximum atomic E-state index is 13.8. The van der Waals surface area contributed by atoms with Crippen LogP contribution in [-0.4, -0.2) is 89.3 Å². The van der Waals surface area contributed by atoms with Crippen molar-refractivity contribution in [3.8, 4) is 17.2 Å². The van der Waals surface area contributed by atoms with Gasteiger partial charge in [-0.15, -0.1) is 29.9 Å². The monoisotopic (exact) mass is 863 g/mol. The maximum Gasteiger partial charge on any atom is 0.410 e. The number of oxime groups is 1. The number of alkyl halides is 1. The molecule has 3 aromatic rings. The summed E-state index contributed by atoms with van der Waals surface area (Å²) >= 11 is 7.60. The third-order valence-corrected chi connectivity index (χ3v) is 12.4. The molecule has 2 N–H and O–H groups in total. The van der Waals surface area contributed by atoms with Crippen molar-refractivity contribution in [2.75, 3.05) is 45.6 Å². The molecule has 6 atom stereocenters. The van der Waals surface area contributed by atoms with E-state index in [2.05, 4.69) is 12.7 Å². The lowest BCUT2D eigenvalue weighted by Crippen LogP contribution is -2.69. The Bertz CT molecular complexity index is 2000. The number of rotatable bonds is 21. The van der Waals surface area contributed by atoms with E-state index >= 15 is 0 Å². The summed E-state index contributed by atoms with van der Waals surface area (Å²) < 4.78 is 26.1. The van der Waals surface area contributed by atoms with Crippen molar-refractivity contribution in [3.05, 3.63) is 112 Å². The fourth-order valence-corrected chi connectivity index (χ4v) is 9.31. The van der Waals surface area contributed by atoms with Gasteiger partial charge in [-0.05, 0) is 110 Å². The highest BCUT2D eigenvalue weighted by molar-refractivity contribution is 7.98. The van der Waals surface area contributed by atoms with Crippen molar-refractivity contribution < 1.29 is 43.7 Å². The highest BCUT2D eigenvalue weighted by Gasteiger charge is 2.65. The van der Waals surface area contributed by atoms with Crippen molar-refractivity contribution in [2.45, 2.75) is 74.2 Å². The molecule has 3 aromatic carbocycles. The van der Waals surface area contributed by atoms with Gasteiger partial charge < -0.3 is 38.9 Å². The first kappa shape index (κ1) is 44.9. The topological polar surface area (TPSA) is 162 Å². The molecule has 0 aromatic heterocycles. The molecule has 322 valence electrons. The molecule has 1 saturated carbocycles. The number of carbonyl (C=O) groups excluding carboxylic acids is 1. The molecule has 1 amide bonds. The summed E-state index contributed by atoms with van der Waals surface area (Å²) in [5.74, 6) is -0.164. The van der Waals surface area contributed by atoms with Gasteiger partial charge >= 0.3 is 6.09 Å². The van der Waals surface area contributed by atoms with Gasteiger partial charge in [-0.25, -0.2) is 4.79 Å². The first-order chi connectivity index (χ1) is 29.2. The quantitative estimate of drug-likeness (QED) is 0.0262. The highest BCUT2D eigenvalue weighted by Crippen LogP contribution is 2.62. The Labute approximate surface area is 360 Å². The number of non-ortho nitro benzene ring substituents is 1. The number of fused-ring (bicyclic) bond motifs is 2. The van der Waals surface area contributed by atoms with Crippen molar-refractivity contribution in [3.63, 3.8) is 0 Å². The molecular formula is C45H54ClN3O10S. The number of nitro groups is 1. The van der Waals surface area contributed by atoms with Crippen LogP contribution in [0.3, 0.4) is 0 Å². The lowest BCUT2D eigenvalue weighted by atomic mass is 9.55. The zero-order valence-corrected chi connectivity index (χ0v) is 35.7. The van der Waals surface area contributed by atoms with Crippen LogP contribution >= 0.6 is 23.4 Å². The number of allylic oxidation sites excluding steroid dienone is 1. The Morgan fingerprint density at radius 3 is 2.45 bits per heavy atom. The number of hydrogen-bond acceptors (Lipinski definition) is 12. The first-order valence-corrected chi connectivity index (χ1v) is 22.1. The Kier molecular flexibility index (Phi) is 15.9. The molecule has 0 bridgehead atoms. The smallest absolute Gasteiger partial charge is 0.410 e. The van der Waals surface area contributed by atoms with Crippen molar-refractivity contribution in [2.24, 2.45) is 22.9 Å². The third-order valence-electron chi connectivity index (χ3n) is 11.6. The number of ether oxygens (including phenoxy) is 4. The van der Waals surface area contributed by atoms with E-state index in [9.17, 15) is 25.1 Å². The molecule has 2 aliphatic carbocycles. The van der Waals surface area contributed by atoms with Crippen molar-refractivity contribution in [1.29, 1.82) is 0 Å². The number of hydrogen-bond donors (Lipinski definition) is 2.